The van der Waals surface area contributed by atoms with Gasteiger partial charge in [0.15, 0.2) is 0 Å². The third-order valence-electron chi connectivity index (χ3n) is 4.47. The van der Waals surface area contributed by atoms with E-state index in [0.717, 1.165) is 27.3 Å². The zero-order valence-electron chi connectivity index (χ0n) is 14.2. The van der Waals surface area contributed by atoms with Crippen LogP contribution in [-0.2, 0) is 0 Å². The lowest BCUT2D eigenvalue weighted by atomic mass is 10.0. The van der Waals surface area contributed by atoms with Crippen LogP contribution in [0.4, 0.5) is 0 Å². The molecule has 0 aliphatic carbocycles. The molecule has 26 heavy (non-hydrogen) atoms. The number of benzene rings is 3. The van der Waals surface area contributed by atoms with Gasteiger partial charge in [0.05, 0.1) is 0 Å². The molecule has 4 aromatic rings. The van der Waals surface area contributed by atoms with E-state index in [2.05, 4.69) is 18.2 Å². The summed E-state index contributed by atoms with van der Waals surface area (Å²) in [6, 6.07) is 21.8. The first-order valence-electron chi connectivity index (χ1n) is 8.31. The third kappa shape index (κ3) is 2.68. The number of fused-ring (bicyclic) bond motifs is 2. The van der Waals surface area contributed by atoms with E-state index in [1.807, 2.05) is 67.6 Å². The molecule has 4 rings (SSSR count). The van der Waals surface area contributed by atoms with Crippen molar-refractivity contribution >= 4 is 33.9 Å². The number of rotatable bonds is 2. The number of hydrogen-bond donors (Lipinski definition) is 0. The Morgan fingerprint density at radius 2 is 1.77 bits per heavy atom. The van der Waals surface area contributed by atoms with Crippen molar-refractivity contribution in [2.24, 2.45) is 0 Å². The third-order valence-corrected chi connectivity index (χ3v) is 4.47. The maximum atomic E-state index is 12.2. The molecule has 0 bridgehead atoms. The molecule has 0 aliphatic rings. The summed E-state index contributed by atoms with van der Waals surface area (Å²) < 4.78 is 5.32. The van der Waals surface area contributed by atoms with E-state index in [4.69, 9.17) is 4.42 Å². The lowest BCUT2D eigenvalue weighted by Gasteiger charge is -2.05. The highest BCUT2D eigenvalue weighted by molar-refractivity contribution is 5.96. The number of nitrogens with zero attached hydrogens (tertiary/aromatic N) is 1. The Labute approximate surface area is 150 Å². The second kappa shape index (κ2) is 6.34. The van der Waals surface area contributed by atoms with Gasteiger partial charge in [0.1, 0.15) is 17.2 Å². The van der Waals surface area contributed by atoms with E-state index in [1.165, 1.54) is 0 Å². The molecule has 0 spiro atoms. The first kappa shape index (κ1) is 15.9. The van der Waals surface area contributed by atoms with Gasteiger partial charge < -0.3 is 4.42 Å². The van der Waals surface area contributed by atoms with Crippen molar-refractivity contribution in [2.75, 3.05) is 0 Å². The van der Waals surface area contributed by atoms with E-state index >= 15 is 0 Å². The highest BCUT2D eigenvalue weighted by Crippen LogP contribution is 2.25. The smallest absolute Gasteiger partial charge is 0.354 e. The van der Waals surface area contributed by atoms with Gasteiger partial charge in [-0.25, -0.2) is 4.79 Å². The molecule has 0 aliphatic heterocycles. The van der Waals surface area contributed by atoms with Crippen LogP contribution in [0.3, 0.4) is 0 Å². The van der Waals surface area contributed by atoms with Crippen molar-refractivity contribution in [3.8, 4) is 6.07 Å². The van der Waals surface area contributed by atoms with E-state index in [9.17, 15) is 10.1 Å². The Bertz CT molecular complexity index is 1270. The number of aryl methyl sites for hydroxylation is 1. The van der Waals surface area contributed by atoms with Crippen LogP contribution in [0, 0.1) is 18.3 Å². The molecule has 0 N–H and O–H groups in total. The molecule has 0 saturated heterocycles. The fraction of sp³-hybridized carbons (Fsp3) is 0.0435. The van der Waals surface area contributed by atoms with Gasteiger partial charge in [-0.05, 0) is 34.9 Å². The second-order valence-corrected chi connectivity index (χ2v) is 6.19. The first-order chi connectivity index (χ1) is 12.7. The minimum Gasteiger partial charge on any atom is -0.422 e. The molecule has 0 fully saturated rings. The lowest BCUT2D eigenvalue weighted by molar-refractivity contribution is 0.558. The summed E-state index contributed by atoms with van der Waals surface area (Å²) in [4.78, 5) is 12.2. The van der Waals surface area contributed by atoms with Crippen LogP contribution >= 0.6 is 0 Å². The summed E-state index contributed by atoms with van der Waals surface area (Å²) in [7, 11) is 0. The van der Waals surface area contributed by atoms with Crippen molar-refractivity contribution in [1.29, 1.82) is 5.26 Å². The Morgan fingerprint density at radius 1 is 0.962 bits per heavy atom. The monoisotopic (exact) mass is 337 g/mol. The summed E-state index contributed by atoms with van der Waals surface area (Å²) in [5.74, 6) is 0. The molecule has 0 saturated carbocycles. The van der Waals surface area contributed by atoms with Crippen molar-refractivity contribution in [2.45, 2.75) is 6.92 Å². The predicted octanol–water partition coefficient (Wildman–Crippen LogP) is 5.30. The normalized spacial score (nSPS) is 11.2. The van der Waals surface area contributed by atoms with Crippen LogP contribution in [-0.4, -0.2) is 0 Å². The summed E-state index contributed by atoms with van der Waals surface area (Å²) in [5.41, 5.74) is 2.52. The molecule has 0 unspecified atom stereocenters. The average molecular weight is 337 g/mol. The van der Waals surface area contributed by atoms with E-state index in [1.54, 1.807) is 0 Å². The topological polar surface area (TPSA) is 54.0 Å². The largest absolute Gasteiger partial charge is 0.422 e. The molecule has 124 valence electrons. The molecular weight excluding hydrogens is 322 g/mol. The standard InChI is InChI=1S/C23H15NO2/c1-15-9-11-20-19(21(14-24)23(25)26-22(20)13-15)12-10-17-7-4-6-16-5-2-3-8-18(16)17/h2-13H,1H3/b12-10+. The van der Waals surface area contributed by atoms with Crippen LogP contribution < -0.4 is 5.63 Å². The van der Waals surface area contributed by atoms with Gasteiger partial charge in [0, 0.05) is 10.9 Å². The minimum atomic E-state index is -0.608. The van der Waals surface area contributed by atoms with Gasteiger partial charge in [-0.1, -0.05) is 66.7 Å². The highest BCUT2D eigenvalue weighted by Gasteiger charge is 2.12. The van der Waals surface area contributed by atoms with Crippen LogP contribution in [0.1, 0.15) is 22.3 Å². The van der Waals surface area contributed by atoms with E-state index in [-0.39, 0.29) is 5.56 Å². The molecule has 3 aromatic carbocycles. The number of hydrogen-bond acceptors (Lipinski definition) is 3. The quantitative estimate of drug-likeness (QED) is 0.467. The van der Waals surface area contributed by atoms with Crippen LogP contribution in [0.15, 0.2) is 69.9 Å². The van der Waals surface area contributed by atoms with Crippen molar-refractivity contribution < 1.29 is 4.42 Å². The predicted molar refractivity (Wildman–Crippen MR) is 105 cm³/mol. The van der Waals surface area contributed by atoms with Crippen LogP contribution in [0.5, 0.6) is 0 Å². The Kier molecular flexibility index (Phi) is 3.87. The minimum absolute atomic E-state index is 0.0258. The fourth-order valence-corrected chi connectivity index (χ4v) is 3.18. The van der Waals surface area contributed by atoms with Gasteiger partial charge in [-0.15, -0.1) is 0 Å². The number of nitriles is 1. The van der Waals surface area contributed by atoms with Crippen molar-refractivity contribution in [1.82, 2.24) is 0 Å². The second-order valence-electron chi connectivity index (χ2n) is 6.19. The van der Waals surface area contributed by atoms with Crippen LogP contribution in [0.25, 0.3) is 33.9 Å². The van der Waals surface area contributed by atoms with Crippen molar-refractivity contribution in [3.63, 3.8) is 0 Å². The van der Waals surface area contributed by atoms with E-state index in [0.29, 0.717) is 11.1 Å². The van der Waals surface area contributed by atoms with Gasteiger partial charge >= 0.3 is 5.63 Å². The summed E-state index contributed by atoms with van der Waals surface area (Å²) in [6.07, 6.45) is 3.77. The van der Waals surface area contributed by atoms with Gasteiger partial charge in [0.25, 0.3) is 0 Å². The maximum absolute atomic E-state index is 12.2. The molecule has 0 radical (unpaired) electrons. The van der Waals surface area contributed by atoms with Gasteiger partial charge in [-0.3, -0.25) is 0 Å². The van der Waals surface area contributed by atoms with Crippen molar-refractivity contribution in [3.05, 3.63) is 93.3 Å². The molecule has 1 aromatic heterocycles. The molecule has 3 nitrogen and oxygen atoms in total. The molecule has 0 amide bonds. The highest BCUT2D eigenvalue weighted by atomic mass is 16.4. The summed E-state index contributed by atoms with van der Waals surface area (Å²) >= 11 is 0. The Balaban J connectivity index is 1.95. The zero-order chi connectivity index (χ0) is 18.1. The summed E-state index contributed by atoms with van der Waals surface area (Å²) in [5, 5.41) is 12.5. The zero-order valence-corrected chi connectivity index (χ0v) is 14.2. The lowest BCUT2D eigenvalue weighted by Crippen LogP contribution is -2.06. The van der Waals surface area contributed by atoms with Crippen LogP contribution in [0.2, 0.25) is 0 Å². The Morgan fingerprint density at radius 3 is 2.62 bits per heavy atom. The van der Waals surface area contributed by atoms with Gasteiger partial charge in [0.2, 0.25) is 0 Å². The molecule has 0 atom stereocenters. The molecular formula is C23H15NO2. The fourth-order valence-electron chi connectivity index (χ4n) is 3.18. The Hall–Kier alpha value is -3.64. The SMILES string of the molecule is Cc1ccc2c(/C=C/c3cccc4ccccc34)c(C#N)c(=O)oc2c1. The first-order valence-corrected chi connectivity index (χ1v) is 8.31. The summed E-state index contributed by atoms with van der Waals surface area (Å²) in [6.45, 7) is 1.93. The molecule has 3 heteroatoms. The molecule has 1 heterocycles. The van der Waals surface area contributed by atoms with Gasteiger partial charge in [-0.2, -0.15) is 5.26 Å². The average Bonchev–Trinajstić information content (AvgIpc) is 2.65. The maximum Gasteiger partial charge on any atom is 0.354 e. The van der Waals surface area contributed by atoms with E-state index < -0.39 is 5.63 Å².